The Labute approximate surface area is 144 Å². The molecule has 2 atom stereocenters. The molecule has 2 amide bonds. The van der Waals surface area contributed by atoms with Gasteiger partial charge in [0.2, 0.25) is 5.91 Å². The molecule has 0 unspecified atom stereocenters. The predicted octanol–water partition coefficient (Wildman–Crippen LogP) is 2.57. The first-order valence-electron chi connectivity index (χ1n) is 8.02. The van der Waals surface area contributed by atoms with E-state index in [2.05, 4.69) is 22.9 Å². The number of hydrogen-bond donors (Lipinski definition) is 3. The number of rotatable bonds is 5. The molecule has 1 aliphatic rings. The van der Waals surface area contributed by atoms with Crippen LogP contribution in [0.3, 0.4) is 0 Å². The lowest BCUT2D eigenvalue weighted by molar-refractivity contribution is -0.120. The number of hydrogen-bond acceptors (Lipinski definition) is 3. The number of benzene rings is 1. The van der Waals surface area contributed by atoms with Crippen LogP contribution in [0.2, 0.25) is 0 Å². The topological polar surface area (TPSA) is 70.2 Å². The zero-order valence-electron chi connectivity index (χ0n) is 13.7. The van der Waals surface area contributed by atoms with Crippen molar-refractivity contribution in [1.29, 1.82) is 0 Å². The number of anilines is 1. The zero-order valence-corrected chi connectivity index (χ0v) is 14.5. The number of piperidine rings is 1. The smallest absolute Gasteiger partial charge is 0.251 e. The van der Waals surface area contributed by atoms with E-state index in [0.717, 1.165) is 25.8 Å². The summed E-state index contributed by atoms with van der Waals surface area (Å²) in [6.45, 7) is 5.64. The van der Waals surface area contributed by atoms with Gasteiger partial charge >= 0.3 is 0 Å². The van der Waals surface area contributed by atoms with E-state index in [1.165, 1.54) is 0 Å². The van der Waals surface area contributed by atoms with Crippen LogP contribution in [0.5, 0.6) is 0 Å². The molecule has 0 bridgehead atoms. The molecule has 6 heteroatoms. The molecule has 0 spiro atoms. The van der Waals surface area contributed by atoms with Crippen LogP contribution in [-0.4, -0.2) is 30.9 Å². The van der Waals surface area contributed by atoms with Gasteiger partial charge < -0.3 is 16.0 Å². The van der Waals surface area contributed by atoms with Gasteiger partial charge in [0.05, 0.1) is 0 Å². The monoisotopic (exact) mass is 339 g/mol. The van der Waals surface area contributed by atoms with Crippen LogP contribution in [0, 0.1) is 5.92 Å². The van der Waals surface area contributed by atoms with Gasteiger partial charge in [-0.05, 0) is 50.9 Å². The quantitative estimate of drug-likeness (QED) is 0.772. The predicted molar refractivity (Wildman–Crippen MR) is 95.1 cm³/mol. The second-order valence-electron chi connectivity index (χ2n) is 5.90. The lowest BCUT2D eigenvalue weighted by Gasteiger charge is -2.27. The van der Waals surface area contributed by atoms with Crippen LogP contribution in [-0.2, 0) is 4.79 Å². The summed E-state index contributed by atoms with van der Waals surface area (Å²) in [6, 6.07) is 7.47. The first-order chi connectivity index (χ1) is 10.6. The number of carbonyl (C=O) groups is 2. The summed E-state index contributed by atoms with van der Waals surface area (Å²) in [4.78, 5) is 24.3. The molecule has 1 heterocycles. The fourth-order valence-corrected chi connectivity index (χ4v) is 2.69. The van der Waals surface area contributed by atoms with Gasteiger partial charge in [0.25, 0.3) is 5.91 Å². The molecule has 3 N–H and O–H groups in total. The molecule has 0 saturated carbocycles. The molecular formula is C17H26ClN3O2. The first-order valence-corrected chi connectivity index (χ1v) is 8.02. The Balaban J connectivity index is 0.00000264. The third kappa shape index (κ3) is 5.84. The van der Waals surface area contributed by atoms with Crippen molar-refractivity contribution in [2.45, 2.75) is 39.2 Å². The highest BCUT2D eigenvalue weighted by Gasteiger charge is 2.24. The molecule has 128 valence electrons. The zero-order chi connectivity index (χ0) is 15.9. The molecule has 0 aromatic heterocycles. The number of amides is 2. The molecule has 2 rings (SSSR count). The highest BCUT2D eigenvalue weighted by molar-refractivity contribution is 5.97. The summed E-state index contributed by atoms with van der Waals surface area (Å²) < 4.78 is 0. The third-order valence-corrected chi connectivity index (χ3v) is 3.92. The van der Waals surface area contributed by atoms with Crippen molar-refractivity contribution in [3.8, 4) is 0 Å². The second-order valence-corrected chi connectivity index (χ2v) is 5.90. The molecular weight excluding hydrogens is 314 g/mol. The first kappa shape index (κ1) is 19.5. The molecule has 1 aromatic rings. The molecule has 0 aliphatic carbocycles. The summed E-state index contributed by atoms with van der Waals surface area (Å²) in [5.74, 6) is -0.0262. The van der Waals surface area contributed by atoms with Gasteiger partial charge in [0.15, 0.2) is 0 Å². The van der Waals surface area contributed by atoms with E-state index in [1.807, 2.05) is 13.0 Å². The van der Waals surface area contributed by atoms with Gasteiger partial charge in [0.1, 0.15) is 0 Å². The third-order valence-electron chi connectivity index (χ3n) is 3.92. The van der Waals surface area contributed by atoms with E-state index in [-0.39, 0.29) is 30.1 Å². The van der Waals surface area contributed by atoms with Gasteiger partial charge in [-0.25, -0.2) is 0 Å². The lowest BCUT2D eigenvalue weighted by Crippen LogP contribution is -2.40. The fourth-order valence-electron chi connectivity index (χ4n) is 2.69. The maximum atomic E-state index is 12.3. The maximum absolute atomic E-state index is 12.3. The standard InChI is InChI=1S/C17H25N3O2.ClH/c1-3-8-19-16(21)13-5-4-6-15(11-13)20-17(22)14-7-9-18-12(2)10-14;/h4-6,11-12,14,18H,3,7-10H2,1-2H3,(H,19,21)(H,20,22);1H/t12-,14-;/m0./s1. The minimum Gasteiger partial charge on any atom is -0.352 e. The van der Waals surface area contributed by atoms with Crippen LogP contribution in [0.25, 0.3) is 0 Å². The van der Waals surface area contributed by atoms with E-state index >= 15 is 0 Å². The summed E-state index contributed by atoms with van der Waals surface area (Å²) in [5.41, 5.74) is 1.25. The van der Waals surface area contributed by atoms with Gasteiger partial charge in [-0.15, -0.1) is 12.4 Å². The Hall–Kier alpha value is -1.59. The summed E-state index contributed by atoms with van der Waals surface area (Å²) in [5, 5.41) is 9.12. The minimum absolute atomic E-state index is 0. The van der Waals surface area contributed by atoms with Crippen molar-refractivity contribution in [1.82, 2.24) is 10.6 Å². The van der Waals surface area contributed by atoms with Gasteiger partial charge in [-0.3, -0.25) is 9.59 Å². The van der Waals surface area contributed by atoms with Crippen molar-refractivity contribution in [3.05, 3.63) is 29.8 Å². The van der Waals surface area contributed by atoms with E-state index in [4.69, 9.17) is 0 Å². The van der Waals surface area contributed by atoms with E-state index in [1.54, 1.807) is 18.2 Å². The van der Waals surface area contributed by atoms with E-state index in [0.29, 0.717) is 23.8 Å². The Morgan fingerprint density at radius 1 is 1.35 bits per heavy atom. The highest BCUT2D eigenvalue weighted by atomic mass is 35.5. The summed E-state index contributed by atoms with van der Waals surface area (Å²) >= 11 is 0. The van der Waals surface area contributed by atoms with Gasteiger partial charge in [-0.2, -0.15) is 0 Å². The Morgan fingerprint density at radius 2 is 2.13 bits per heavy atom. The van der Waals surface area contributed by atoms with Crippen LogP contribution >= 0.6 is 12.4 Å². The van der Waals surface area contributed by atoms with Crippen molar-refractivity contribution < 1.29 is 9.59 Å². The van der Waals surface area contributed by atoms with Crippen molar-refractivity contribution in [3.63, 3.8) is 0 Å². The van der Waals surface area contributed by atoms with Crippen molar-refractivity contribution >= 4 is 29.9 Å². The minimum atomic E-state index is -0.103. The van der Waals surface area contributed by atoms with Crippen LogP contribution in [0.15, 0.2) is 24.3 Å². The van der Waals surface area contributed by atoms with Crippen LogP contribution in [0.4, 0.5) is 5.69 Å². The molecule has 23 heavy (non-hydrogen) atoms. The fraction of sp³-hybridized carbons (Fsp3) is 0.529. The number of nitrogens with one attached hydrogen (secondary N) is 3. The molecule has 0 radical (unpaired) electrons. The molecule has 1 fully saturated rings. The average Bonchev–Trinajstić information content (AvgIpc) is 2.52. The van der Waals surface area contributed by atoms with E-state index in [9.17, 15) is 9.59 Å². The van der Waals surface area contributed by atoms with Gasteiger partial charge in [0, 0.05) is 29.8 Å². The van der Waals surface area contributed by atoms with Crippen molar-refractivity contribution in [2.24, 2.45) is 5.92 Å². The largest absolute Gasteiger partial charge is 0.352 e. The van der Waals surface area contributed by atoms with Crippen LogP contribution in [0.1, 0.15) is 43.5 Å². The Kier molecular flexibility index (Phi) is 8.06. The lowest BCUT2D eigenvalue weighted by atomic mass is 9.92. The Bertz CT molecular complexity index is 536. The highest BCUT2D eigenvalue weighted by Crippen LogP contribution is 2.19. The SMILES string of the molecule is CCCNC(=O)c1cccc(NC(=O)[C@H]2CCN[C@@H](C)C2)c1.Cl. The van der Waals surface area contributed by atoms with E-state index < -0.39 is 0 Å². The Morgan fingerprint density at radius 3 is 2.83 bits per heavy atom. The molecule has 1 aliphatic heterocycles. The van der Waals surface area contributed by atoms with Gasteiger partial charge in [-0.1, -0.05) is 13.0 Å². The summed E-state index contributed by atoms with van der Waals surface area (Å²) in [7, 11) is 0. The van der Waals surface area contributed by atoms with Crippen LogP contribution < -0.4 is 16.0 Å². The average molecular weight is 340 g/mol. The molecule has 1 aromatic carbocycles. The maximum Gasteiger partial charge on any atom is 0.251 e. The second kappa shape index (κ2) is 9.53. The number of carbonyl (C=O) groups excluding carboxylic acids is 2. The normalized spacial score (nSPS) is 20.3. The number of halogens is 1. The molecule has 1 saturated heterocycles. The molecule has 5 nitrogen and oxygen atoms in total. The summed E-state index contributed by atoms with van der Waals surface area (Å²) in [6.07, 6.45) is 2.60. The van der Waals surface area contributed by atoms with Crippen molar-refractivity contribution in [2.75, 3.05) is 18.4 Å².